The van der Waals surface area contributed by atoms with Gasteiger partial charge in [-0.15, -0.1) is 0 Å². The van der Waals surface area contributed by atoms with Crippen LogP contribution in [0.5, 0.6) is 0 Å². The molecule has 2 aromatic carbocycles. The van der Waals surface area contributed by atoms with Crippen molar-refractivity contribution in [3.05, 3.63) is 88.6 Å². The van der Waals surface area contributed by atoms with Crippen LogP contribution in [0.3, 0.4) is 0 Å². The van der Waals surface area contributed by atoms with Gasteiger partial charge < -0.3 is 5.32 Å². The molecule has 0 atom stereocenters. The molecule has 1 N–H and O–H groups in total. The first kappa shape index (κ1) is 21.4. The lowest BCUT2D eigenvalue weighted by Gasteiger charge is -2.20. The van der Waals surface area contributed by atoms with E-state index in [9.17, 15) is 9.59 Å². The van der Waals surface area contributed by atoms with E-state index < -0.39 is 0 Å². The third-order valence-electron chi connectivity index (χ3n) is 5.65. The molecular formula is C26H26N4O2. The summed E-state index contributed by atoms with van der Waals surface area (Å²) in [7, 11) is 0. The Balaban J connectivity index is 1.54. The number of aryl methyl sites for hydroxylation is 3. The Kier molecular flexibility index (Phi) is 6.12. The summed E-state index contributed by atoms with van der Waals surface area (Å²) >= 11 is 0. The molecule has 0 unspecified atom stereocenters. The van der Waals surface area contributed by atoms with Crippen LogP contribution < -0.4 is 10.2 Å². The first-order chi connectivity index (χ1) is 15.4. The topological polar surface area (TPSA) is 74.7 Å². The molecule has 1 aromatic heterocycles. The number of hydrogen-bond donors (Lipinski definition) is 1. The Hall–Kier alpha value is -3.80. The zero-order chi connectivity index (χ0) is 22.7. The van der Waals surface area contributed by atoms with Crippen molar-refractivity contribution in [2.24, 2.45) is 4.99 Å². The van der Waals surface area contributed by atoms with Gasteiger partial charge in [-0.2, -0.15) is 0 Å². The van der Waals surface area contributed by atoms with Crippen LogP contribution in [0.4, 0.5) is 11.5 Å². The van der Waals surface area contributed by atoms with Gasteiger partial charge in [0.1, 0.15) is 12.2 Å². The summed E-state index contributed by atoms with van der Waals surface area (Å²) in [6.07, 6.45) is 1.71. The zero-order valence-corrected chi connectivity index (χ0v) is 18.6. The van der Waals surface area contributed by atoms with Crippen LogP contribution in [-0.2, 0) is 16.1 Å². The Bertz CT molecular complexity index is 1200. The maximum atomic E-state index is 13.2. The van der Waals surface area contributed by atoms with Gasteiger partial charge >= 0.3 is 0 Å². The number of carbonyl (C=O) groups is 2. The van der Waals surface area contributed by atoms with E-state index in [1.165, 1.54) is 10.5 Å². The average molecular weight is 427 g/mol. The largest absolute Gasteiger partial charge is 0.350 e. The summed E-state index contributed by atoms with van der Waals surface area (Å²) in [6, 6.07) is 17.6. The van der Waals surface area contributed by atoms with E-state index in [-0.39, 0.29) is 24.8 Å². The van der Waals surface area contributed by atoms with Crippen molar-refractivity contribution in [3.63, 3.8) is 0 Å². The molecule has 0 aliphatic carbocycles. The SMILES string of the molecule is Cc1ccc(CNC(=O)CN2C(=O)CC(c3ccc(C)c(C)c3)=Nc3cccnc32)cc1. The van der Waals surface area contributed by atoms with Gasteiger partial charge in [-0.1, -0.05) is 42.0 Å². The number of fused-ring (bicyclic) bond motifs is 1. The fourth-order valence-corrected chi connectivity index (χ4v) is 3.58. The number of rotatable bonds is 5. The Labute approximate surface area is 188 Å². The molecule has 0 saturated heterocycles. The van der Waals surface area contributed by atoms with Gasteiger partial charge in [-0.05, 0) is 61.2 Å². The van der Waals surface area contributed by atoms with E-state index in [0.717, 1.165) is 22.3 Å². The molecule has 6 heteroatoms. The molecule has 6 nitrogen and oxygen atoms in total. The molecule has 0 bridgehead atoms. The van der Waals surface area contributed by atoms with Gasteiger partial charge in [0.25, 0.3) is 0 Å². The minimum atomic E-state index is -0.245. The fourth-order valence-electron chi connectivity index (χ4n) is 3.58. The lowest BCUT2D eigenvalue weighted by molar-refractivity contribution is -0.123. The second kappa shape index (κ2) is 9.14. The molecule has 0 radical (unpaired) electrons. The smallest absolute Gasteiger partial charge is 0.240 e. The number of amides is 2. The first-order valence-electron chi connectivity index (χ1n) is 10.6. The standard InChI is InChI=1S/C26H26N4O2/c1-17-6-9-20(10-7-17)15-28-24(31)16-30-25(32)14-23(21-11-8-18(2)19(3)13-21)29-22-5-4-12-27-26(22)30/h4-13H,14-16H2,1-3H3,(H,28,31). The summed E-state index contributed by atoms with van der Waals surface area (Å²) in [5.41, 5.74) is 6.65. The fraction of sp³-hybridized carbons (Fsp3) is 0.231. The molecule has 2 heterocycles. The predicted molar refractivity (Wildman–Crippen MR) is 126 cm³/mol. The number of carbonyl (C=O) groups excluding carboxylic acids is 2. The molecule has 4 rings (SSSR count). The van der Waals surface area contributed by atoms with Crippen LogP contribution in [0.25, 0.3) is 0 Å². The number of aliphatic imine (C=N–C) groups is 1. The lowest BCUT2D eigenvalue weighted by atomic mass is 10.0. The van der Waals surface area contributed by atoms with E-state index in [1.54, 1.807) is 12.3 Å². The molecule has 0 fully saturated rings. The second-order valence-electron chi connectivity index (χ2n) is 8.12. The van der Waals surface area contributed by atoms with Crippen LogP contribution in [0, 0.1) is 20.8 Å². The zero-order valence-electron chi connectivity index (χ0n) is 18.6. The molecule has 2 amide bonds. The maximum absolute atomic E-state index is 13.2. The molecule has 32 heavy (non-hydrogen) atoms. The number of nitrogens with zero attached hydrogens (tertiary/aromatic N) is 3. The summed E-state index contributed by atoms with van der Waals surface area (Å²) in [6.45, 7) is 6.41. The van der Waals surface area contributed by atoms with Gasteiger partial charge in [0.15, 0.2) is 5.82 Å². The number of pyridine rings is 1. The van der Waals surface area contributed by atoms with Crippen molar-refractivity contribution < 1.29 is 9.59 Å². The number of anilines is 1. The maximum Gasteiger partial charge on any atom is 0.240 e. The highest BCUT2D eigenvalue weighted by Crippen LogP contribution is 2.31. The quantitative estimate of drug-likeness (QED) is 0.665. The highest BCUT2D eigenvalue weighted by Gasteiger charge is 2.27. The van der Waals surface area contributed by atoms with Crippen molar-refractivity contribution in [2.45, 2.75) is 33.7 Å². The Morgan fingerprint density at radius 1 is 1.03 bits per heavy atom. The summed E-state index contributed by atoms with van der Waals surface area (Å²) in [5.74, 6) is -0.0445. The summed E-state index contributed by atoms with van der Waals surface area (Å²) < 4.78 is 0. The third kappa shape index (κ3) is 4.75. The van der Waals surface area contributed by atoms with E-state index in [4.69, 9.17) is 4.99 Å². The van der Waals surface area contributed by atoms with E-state index in [1.807, 2.05) is 62.4 Å². The minimum Gasteiger partial charge on any atom is -0.350 e. The van der Waals surface area contributed by atoms with Crippen molar-refractivity contribution in [2.75, 3.05) is 11.4 Å². The average Bonchev–Trinajstić information content (AvgIpc) is 2.92. The number of hydrogen-bond acceptors (Lipinski definition) is 4. The Morgan fingerprint density at radius 2 is 1.81 bits per heavy atom. The number of aromatic nitrogens is 1. The monoisotopic (exact) mass is 426 g/mol. The van der Waals surface area contributed by atoms with Crippen LogP contribution in [0.15, 0.2) is 65.8 Å². The normalized spacial score (nSPS) is 13.3. The number of nitrogens with one attached hydrogen (secondary N) is 1. The number of benzene rings is 2. The minimum absolute atomic E-state index is 0.101. The Morgan fingerprint density at radius 3 is 2.56 bits per heavy atom. The van der Waals surface area contributed by atoms with Gasteiger partial charge in [0.05, 0.1) is 12.1 Å². The molecular weight excluding hydrogens is 400 g/mol. The molecule has 1 aliphatic rings. The van der Waals surface area contributed by atoms with Gasteiger partial charge in [0.2, 0.25) is 11.8 Å². The van der Waals surface area contributed by atoms with Crippen molar-refractivity contribution >= 4 is 29.0 Å². The van der Waals surface area contributed by atoms with Crippen LogP contribution in [-0.4, -0.2) is 29.1 Å². The third-order valence-corrected chi connectivity index (χ3v) is 5.65. The lowest BCUT2D eigenvalue weighted by Crippen LogP contribution is -2.41. The predicted octanol–water partition coefficient (Wildman–Crippen LogP) is 4.18. The van der Waals surface area contributed by atoms with E-state index in [0.29, 0.717) is 23.8 Å². The van der Waals surface area contributed by atoms with Crippen LogP contribution >= 0.6 is 0 Å². The molecule has 1 aliphatic heterocycles. The molecule has 3 aromatic rings. The van der Waals surface area contributed by atoms with Crippen LogP contribution in [0.2, 0.25) is 0 Å². The van der Waals surface area contributed by atoms with E-state index >= 15 is 0 Å². The highest BCUT2D eigenvalue weighted by molar-refractivity contribution is 6.18. The molecule has 0 spiro atoms. The van der Waals surface area contributed by atoms with Gasteiger partial charge in [0, 0.05) is 12.7 Å². The highest BCUT2D eigenvalue weighted by atomic mass is 16.2. The van der Waals surface area contributed by atoms with Crippen molar-refractivity contribution in [1.82, 2.24) is 10.3 Å². The van der Waals surface area contributed by atoms with Crippen molar-refractivity contribution in [1.29, 1.82) is 0 Å². The first-order valence-corrected chi connectivity index (χ1v) is 10.6. The van der Waals surface area contributed by atoms with Gasteiger partial charge in [-0.3, -0.25) is 14.5 Å². The summed E-state index contributed by atoms with van der Waals surface area (Å²) in [5, 5.41) is 2.90. The summed E-state index contributed by atoms with van der Waals surface area (Å²) in [4.78, 5) is 36.4. The second-order valence-corrected chi connectivity index (χ2v) is 8.12. The molecule has 162 valence electrons. The van der Waals surface area contributed by atoms with Crippen molar-refractivity contribution in [3.8, 4) is 0 Å². The van der Waals surface area contributed by atoms with E-state index in [2.05, 4.69) is 17.2 Å². The van der Waals surface area contributed by atoms with Gasteiger partial charge in [-0.25, -0.2) is 9.98 Å². The molecule has 0 saturated carbocycles. The van der Waals surface area contributed by atoms with Crippen LogP contribution in [0.1, 0.15) is 34.2 Å².